The number of carboxylic acid groups (broad SMARTS) is 1. The van der Waals surface area contributed by atoms with Crippen molar-refractivity contribution in [3.63, 3.8) is 0 Å². The molecular weight excluding hydrogens is 284 g/mol. The van der Waals surface area contributed by atoms with Gasteiger partial charge < -0.3 is 14.9 Å². The molecule has 0 radical (unpaired) electrons. The summed E-state index contributed by atoms with van der Waals surface area (Å²) in [5, 5.41) is 8.64. The summed E-state index contributed by atoms with van der Waals surface area (Å²) in [6, 6.07) is -0.385. The number of amides is 2. The first-order valence-corrected chi connectivity index (χ1v) is 7.88. The van der Waals surface area contributed by atoms with E-state index in [1.165, 1.54) is 0 Å². The van der Waals surface area contributed by atoms with E-state index in [1.54, 1.807) is 16.8 Å². The Labute approximate surface area is 132 Å². The van der Waals surface area contributed by atoms with Gasteiger partial charge in [-0.25, -0.2) is 0 Å². The van der Waals surface area contributed by atoms with Gasteiger partial charge in [0.05, 0.1) is 0 Å². The van der Waals surface area contributed by atoms with Crippen molar-refractivity contribution < 1.29 is 19.5 Å². The van der Waals surface area contributed by atoms with Crippen LogP contribution >= 0.6 is 0 Å². The number of carboxylic acids is 1. The van der Waals surface area contributed by atoms with E-state index in [2.05, 4.69) is 0 Å². The highest BCUT2D eigenvalue weighted by atomic mass is 16.4. The second-order valence-corrected chi connectivity index (χ2v) is 7.24. The average Bonchev–Trinajstić information content (AvgIpc) is 2.84. The van der Waals surface area contributed by atoms with Crippen molar-refractivity contribution in [3.05, 3.63) is 0 Å². The first kappa shape index (κ1) is 18.5. The molecule has 1 N–H and O–H groups in total. The van der Waals surface area contributed by atoms with Crippen LogP contribution in [0.4, 0.5) is 0 Å². The third-order valence-corrected chi connectivity index (χ3v) is 3.80. The summed E-state index contributed by atoms with van der Waals surface area (Å²) in [6.07, 6.45) is 2.45. The maximum Gasteiger partial charge on any atom is 0.303 e. The summed E-state index contributed by atoms with van der Waals surface area (Å²) in [7, 11) is 1.68. The molecular formula is C16H28N2O4. The fraction of sp³-hybridized carbons (Fsp3) is 0.812. The number of nitrogens with zero attached hydrogens (tertiary/aromatic N) is 2. The topological polar surface area (TPSA) is 77.9 Å². The second kappa shape index (κ2) is 7.61. The zero-order chi connectivity index (χ0) is 16.9. The summed E-state index contributed by atoms with van der Waals surface area (Å²) < 4.78 is 0. The van der Waals surface area contributed by atoms with Crippen LogP contribution in [0, 0.1) is 5.41 Å². The van der Waals surface area contributed by atoms with Crippen molar-refractivity contribution >= 4 is 17.8 Å². The Morgan fingerprint density at radius 2 is 1.91 bits per heavy atom. The summed E-state index contributed by atoms with van der Waals surface area (Å²) in [5.41, 5.74) is -0.0966. The molecule has 6 heteroatoms. The van der Waals surface area contributed by atoms with Gasteiger partial charge in [-0.2, -0.15) is 0 Å². The van der Waals surface area contributed by atoms with Crippen molar-refractivity contribution in [2.24, 2.45) is 5.41 Å². The van der Waals surface area contributed by atoms with Gasteiger partial charge in [0.15, 0.2) is 0 Å². The van der Waals surface area contributed by atoms with E-state index in [0.717, 1.165) is 6.42 Å². The molecule has 1 saturated heterocycles. The van der Waals surface area contributed by atoms with Crippen LogP contribution in [0.2, 0.25) is 0 Å². The van der Waals surface area contributed by atoms with Gasteiger partial charge in [0.2, 0.25) is 11.8 Å². The van der Waals surface area contributed by atoms with Crippen LogP contribution in [-0.2, 0) is 14.4 Å². The molecule has 126 valence electrons. The van der Waals surface area contributed by atoms with Crippen LogP contribution in [0.5, 0.6) is 0 Å². The molecule has 1 aliphatic heterocycles. The normalized spacial score (nSPS) is 18.4. The number of likely N-dealkylation sites (tertiary alicyclic amines) is 1. The maximum absolute atomic E-state index is 12.5. The third-order valence-electron chi connectivity index (χ3n) is 3.80. The van der Waals surface area contributed by atoms with E-state index < -0.39 is 5.97 Å². The van der Waals surface area contributed by atoms with Gasteiger partial charge in [-0.3, -0.25) is 14.4 Å². The standard InChI is InChI=1S/C16H28N2O4/c1-16(2,3)11-13(19)18-10-5-7-12(18)15(22)17(4)9-6-8-14(20)21/h12H,5-11H2,1-4H3,(H,20,21). The number of hydrogen-bond donors (Lipinski definition) is 1. The Kier molecular flexibility index (Phi) is 6.38. The molecule has 0 aromatic carbocycles. The van der Waals surface area contributed by atoms with Crippen molar-refractivity contribution in [1.29, 1.82) is 0 Å². The lowest BCUT2D eigenvalue weighted by Crippen LogP contribution is -2.47. The zero-order valence-corrected chi connectivity index (χ0v) is 14.1. The molecule has 1 unspecified atom stereocenters. The zero-order valence-electron chi connectivity index (χ0n) is 14.1. The van der Waals surface area contributed by atoms with Gasteiger partial charge in [0.25, 0.3) is 0 Å². The quantitative estimate of drug-likeness (QED) is 0.810. The summed E-state index contributed by atoms with van der Waals surface area (Å²) in [5.74, 6) is -0.906. The molecule has 22 heavy (non-hydrogen) atoms. The van der Waals surface area contributed by atoms with Crippen molar-refractivity contribution in [2.45, 2.75) is 58.9 Å². The summed E-state index contributed by atoms with van der Waals surface area (Å²) >= 11 is 0. The minimum absolute atomic E-state index is 0.0299. The van der Waals surface area contributed by atoms with Crippen LogP contribution in [0.15, 0.2) is 0 Å². The van der Waals surface area contributed by atoms with Gasteiger partial charge >= 0.3 is 5.97 Å². The number of carbonyl (C=O) groups is 3. The van der Waals surface area contributed by atoms with Gasteiger partial charge in [-0.15, -0.1) is 0 Å². The largest absolute Gasteiger partial charge is 0.481 e. The van der Waals surface area contributed by atoms with E-state index in [9.17, 15) is 14.4 Å². The van der Waals surface area contributed by atoms with Crippen LogP contribution in [0.3, 0.4) is 0 Å². The Bertz CT molecular complexity index is 428. The molecule has 1 rings (SSSR count). The van der Waals surface area contributed by atoms with Crippen LogP contribution in [0.1, 0.15) is 52.9 Å². The lowest BCUT2D eigenvalue weighted by molar-refractivity contribution is -0.144. The molecule has 1 aliphatic rings. The monoisotopic (exact) mass is 312 g/mol. The Balaban J connectivity index is 2.59. The summed E-state index contributed by atoms with van der Waals surface area (Å²) in [6.45, 7) is 7.07. The van der Waals surface area contributed by atoms with E-state index in [4.69, 9.17) is 5.11 Å². The van der Waals surface area contributed by atoms with Crippen LogP contribution < -0.4 is 0 Å². The lowest BCUT2D eigenvalue weighted by atomic mass is 9.91. The van der Waals surface area contributed by atoms with Crippen molar-refractivity contribution in [1.82, 2.24) is 9.80 Å². The molecule has 1 heterocycles. The van der Waals surface area contributed by atoms with Crippen LogP contribution in [-0.4, -0.2) is 58.9 Å². The fourth-order valence-corrected chi connectivity index (χ4v) is 2.71. The van der Waals surface area contributed by atoms with E-state index >= 15 is 0 Å². The highest BCUT2D eigenvalue weighted by Gasteiger charge is 2.36. The van der Waals surface area contributed by atoms with Gasteiger partial charge in [0, 0.05) is 33.0 Å². The number of hydrogen-bond acceptors (Lipinski definition) is 3. The highest BCUT2D eigenvalue weighted by Crippen LogP contribution is 2.25. The van der Waals surface area contributed by atoms with Gasteiger partial charge in [-0.05, 0) is 24.7 Å². The Hall–Kier alpha value is -1.59. The second-order valence-electron chi connectivity index (χ2n) is 7.24. The molecule has 0 aliphatic carbocycles. The Morgan fingerprint density at radius 3 is 2.45 bits per heavy atom. The number of carbonyl (C=O) groups excluding carboxylic acids is 2. The van der Waals surface area contributed by atoms with Crippen LogP contribution in [0.25, 0.3) is 0 Å². The first-order chi connectivity index (χ1) is 10.1. The molecule has 0 aromatic heterocycles. The number of aliphatic carboxylic acids is 1. The Morgan fingerprint density at radius 1 is 1.27 bits per heavy atom. The van der Waals surface area contributed by atoms with Crippen molar-refractivity contribution in [3.8, 4) is 0 Å². The third kappa shape index (κ3) is 5.66. The molecule has 6 nitrogen and oxygen atoms in total. The SMILES string of the molecule is CN(CCCC(=O)O)C(=O)C1CCCN1C(=O)CC(C)(C)C. The molecule has 0 bridgehead atoms. The smallest absolute Gasteiger partial charge is 0.303 e. The minimum atomic E-state index is -0.858. The van der Waals surface area contributed by atoms with Gasteiger partial charge in [0.1, 0.15) is 6.04 Å². The molecule has 0 saturated carbocycles. The summed E-state index contributed by atoms with van der Waals surface area (Å²) in [4.78, 5) is 38.6. The van der Waals surface area contributed by atoms with Gasteiger partial charge in [-0.1, -0.05) is 20.8 Å². The molecule has 0 aromatic rings. The molecule has 2 amide bonds. The molecule has 0 spiro atoms. The molecule has 1 atom stereocenters. The number of rotatable bonds is 6. The lowest BCUT2D eigenvalue weighted by Gasteiger charge is -2.30. The van der Waals surface area contributed by atoms with E-state index in [0.29, 0.717) is 32.4 Å². The first-order valence-electron chi connectivity index (χ1n) is 7.88. The van der Waals surface area contributed by atoms with Crippen molar-refractivity contribution in [2.75, 3.05) is 20.1 Å². The van der Waals surface area contributed by atoms with E-state index in [-0.39, 0.29) is 29.7 Å². The highest BCUT2D eigenvalue weighted by molar-refractivity contribution is 5.88. The fourth-order valence-electron chi connectivity index (χ4n) is 2.71. The predicted octanol–water partition coefficient (Wildman–Crippen LogP) is 1.74. The molecule has 1 fully saturated rings. The average molecular weight is 312 g/mol. The maximum atomic E-state index is 12.5. The predicted molar refractivity (Wildman–Crippen MR) is 83.3 cm³/mol. The minimum Gasteiger partial charge on any atom is -0.481 e. The van der Waals surface area contributed by atoms with E-state index in [1.807, 2.05) is 20.8 Å². The number of likely N-dealkylation sites (N-methyl/N-ethyl adjacent to an activating group) is 1.